The van der Waals surface area contributed by atoms with Crippen LogP contribution in [0.3, 0.4) is 0 Å². The van der Waals surface area contributed by atoms with E-state index in [0.717, 1.165) is 32.6 Å². The fourth-order valence-electron chi connectivity index (χ4n) is 2.92. The molecule has 1 unspecified atom stereocenters. The maximum absolute atomic E-state index is 9.03. The maximum atomic E-state index is 9.03. The second-order valence-corrected chi connectivity index (χ2v) is 5.51. The monoisotopic (exact) mass is 262 g/mol. The molecule has 0 aromatic heterocycles. The van der Waals surface area contributed by atoms with Crippen LogP contribution < -0.4 is 10.2 Å². The van der Waals surface area contributed by atoms with Crippen molar-refractivity contribution in [3.63, 3.8) is 0 Å². The van der Waals surface area contributed by atoms with Gasteiger partial charge in [-0.2, -0.15) is 0 Å². The maximum Gasteiger partial charge on any atom is 0.0434 e. The van der Waals surface area contributed by atoms with Crippen molar-refractivity contribution in [2.24, 2.45) is 5.92 Å². The highest BCUT2D eigenvalue weighted by Crippen LogP contribution is 2.28. The van der Waals surface area contributed by atoms with Gasteiger partial charge >= 0.3 is 0 Å². The number of rotatable bonds is 6. The Morgan fingerprint density at radius 3 is 2.95 bits per heavy atom. The molecule has 2 rings (SSSR count). The number of aliphatic hydroxyl groups is 1. The zero-order chi connectivity index (χ0) is 13.7. The van der Waals surface area contributed by atoms with E-state index < -0.39 is 0 Å². The number of nitrogens with one attached hydrogen (secondary N) is 1. The van der Waals surface area contributed by atoms with Crippen molar-refractivity contribution in [2.75, 3.05) is 31.1 Å². The molecule has 1 aliphatic heterocycles. The summed E-state index contributed by atoms with van der Waals surface area (Å²) in [4.78, 5) is 2.46. The number of nitrogens with zero attached hydrogens (tertiary/aromatic N) is 1. The van der Waals surface area contributed by atoms with E-state index >= 15 is 0 Å². The van der Waals surface area contributed by atoms with Crippen LogP contribution in [0.15, 0.2) is 18.2 Å². The van der Waals surface area contributed by atoms with E-state index in [-0.39, 0.29) is 0 Å². The molecular weight excluding hydrogens is 236 g/mol. The van der Waals surface area contributed by atoms with Gasteiger partial charge in [0.05, 0.1) is 0 Å². The summed E-state index contributed by atoms with van der Waals surface area (Å²) in [6, 6.07) is 6.77. The molecule has 1 aliphatic rings. The smallest absolute Gasteiger partial charge is 0.0434 e. The second kappa shape index (κ2) is 6.92. The third kappa shape index (κ3) is 3.71. The van der Waals surface area contributed by atoms with Crippen molar-refractivity contribution in [1.82, 2.24) is 5.32 Å². The summed E-state index contributed by atoms with van der Waals surface area (Å²) in [6.45, 7) is 8.82. The van der Waals surface area contributed by atoms with Crippen LogP contribution in [0, 0.1) is 12.8 Å². The van der Waals surface area contributed by atoms with Crippen LogP contribution in [0.5, 0.6) is 0 Å². The molecule has 3 nitrogen and oxygen atoms in total. The van der Waals surface area contributed by atoms with Gasteiger partial charge in [-0.1, -0.05) is 19.1 Å². The van der Waals surface area contributed by atoms with Gasteiger partial charge in [0.2, 0.25) is 0 Å². The number of anilines is 1. The molecule has 2 N–H and O–H groups in total. The molecule has 0 saturated carbocycles. The van der Waals surface area contributed by atoms with E-state index in [1.54, 1.807) is 0 Å². The molecule has 1 aromatic carbocycles. The Kier molecular flexibility index (Phi) is 5.23. The van der Waals surface area contributed by atoms with E-state index in [1.807, 2.05) is 0 Å². The lowest BCUT2D eigenvalue weighted by molar-refractivity contribution is 0.263. The van der Waals surface area contributed by atoms with Gasteiger partial charge in [-0.15, -0.1) is 0 Å². The molecule has 0 amide bonds. The molecule has 0 bridgehead atoms. The second-order valence-electron chi connectivity index (χ2n) is 5.51. The summed E-state index contributed by atoms with van der Waals surface area (Å²) >= 11 is 0. The number of aryl methyl sites for hydroxylation is 1. The fourth-order valence-corrected chi connectivity index (χ4v) is 2.92. The quantitative estimate of drug-likeness (QED) is 0.826. The summed E-state index contributed by atoms with van der Waals surface area (Å²) in [5, 5.41) is 12.4. The van der Waals surface area contributed by atoms with E-state index in [2.05, 4.69) is 42.3 Å². The lowest BCUT2D eigenvalue weighted by Gasteiger charge is -2.21. The van der Waals surface area contributed by atoms with Gasteiger partial charge in [-0.05, 0) is 49.4 Å². The molecule has 3 heteroatoms. The minimum absolute atomic E-state index is 0.319. The normalized spacial score (nSPS) is 19.1. The van der Waals surface area contributed by atoms with Crippen molar-refractivity contribution < 1.29 is 5.11 Å². The first-order valence-corrected chi connectivity index (χ1v) is 7.40. The summed E-state index contributed by atoms with van der Waals surface area (Å²) in [7, 11) is 0. The third-order valence-corrected chi connectivity index (χ3v) is 4.00. The van der Waals surface area contributed by atoms with Crippen LogP contribution in [-0.4, -0.2) is 31.3 Å². The van der Waals surface area contributed by atoms with E-state index in [0.29, 0.717) is 12.5 Å². The minimum Gasteiger partial charge on any atom is -0.396 e. The average Bonchev–Trinajstić information content (AvgIpc) is 2.85. The summed E-state index contributed by atoms with van der Waals surface area (Å²) in [5.41, 5.74) is 4.08. The summed E-state index contributed by atoms with van der Waals surface area (Å²) in [6.07, 6.45) is 2.15. The fraction of sp³-hybridized carbons (Fsp3) is 0.625. The zero-order valence-corrected chi connectivity index (χ0v) is 12.2. The Morgan fingerprint density at radius 2 is 2.26 bits per heavy atom. The van der Waals surface area contributed by atoms with Gasteiger partial charge in [0.25, 0.3) is 0 Å². The van der Waals surface area contributed by atoms with Crippen LogP contribution in [0.25, 0.3) is 0 Å². The van der Waals surface area contributed by atoms with Crippen molar-refractivity contribution in [1.29, 1.82) is 0 Å². The Hall–Kier alpha value is -1.06. The molecule has 19 heavy (non-hydrogen) atoms. The lowest BCUT2D eigenvalue weighted by Crippen LogP contribution is -2.21. The lowest BCUT2D eigenvalue weighted by atomic mass is 10.1. The van der Waals surface area contributed by atoms with Gasteiger partial charge in [0.15, 0.2) is 0 Å². The largest absolute Gasteiger partial charge is 0.396 e. The third-order valence-electron chi connectivity index (χ3n) is 4.00. The molecule has 1 atom stereocenters. The Morgan fingerprint density at radius 1 is 1.42 bits per heavy atom. The highest BCUT2D eigenvalue weighted by Gasteiger charge is 2.23. The summed E-state index contributed by atoms with van der Waals surface area (Å²) < 4.78 is 0. The zero-order valence-electron chi connectivity index (χ0n) is 12.2. The SMILES string of the molecule is CCNCc1ccc(N2CCC(CCO)C2)c(C)c1. The number of benzene rings is 1. The van der Waals surface area contributed by atoms with Crippen LogP contribution in [0.4, 0.5) is 5.69 Å². The van der Waals surface area contributed by atoms with E-state index in [9.17, 15) is 0 Å². The highest BCUT2D eigenvalue weighted by atomic mass is 16.3. The molecule has 1 fully saturated rings. The number of aliphatic hydroxyl groups excluding tert-OH is 1. The first kappa shape index (κ1) is 14.4. The molecule has 1 heterocycles. The summed E-state index contributed by atoms with van der Waals surface area (Å²) in [5.74, 6) is 0.658. The van der Waals surface area contributed by atoms with Crippen molar-refractivity contribution in [3.05, 3.63) is 29.3 Å². The molecule has 1 saturated heterocycles. The predicted molar refractivity (Wildman–Crippen MR) is 80.6 cm³/mol. The van der Waals surface area contributed by atoms with Crippen LogP contribution in [0.2, 0.25) is 0 Å². The van der Waals surface area contributed by atoms with Crippen molar-refractivity contribution in [3.8, 4) is 0 Å². The van der Waals surface area contributed by atoms with Crippen LogP contribution in [0.1, 0.15) is 30.9 Å². The van der Waals surface area contributed by atoms with Gasteiger partial charge in [0.1, 0.15) is 0 Å². The molecule has 0 spiro atoms. The minimum atomic E-state index is 0.319. The predicted octanol–water partition coefficient (Wildman–Crippen LogP) is 2.31. The van der Waals surface area contributed by atoms with Crippen molar-refractivity contribution >= 4 is 5.69 Å². The molecule has 1 aromatic rings. The molecular formula is C16H26N2O. The molecule has 0 radical (unpaired) electrons. The van der Waals surface area contributed by atoms with Gasteiger partial charge in [-0.3, -0.25) is 0 Å². The van der Waals surface area contributed by atoms with Gasteiger partial charge in [0, 0.05) is 31.9 Å². The first-order chi connectivity index (χ1) is 9.24. The van der Waals surface area contributed by atoms with Gasteiger partial charge in [-0.25, -0.2) is 0 Å². The first-order valence-electron chi connectivity index (χ1n) is 7.40. The van der Waals surface area contributed by atoms with E-state index in [1.165, 1.54) is 23.2 Å². The van der Waals surface area contributed by atoms with E-state index in [4.69, 9.17) is 5.11 Å². The Labute approximate surface area is 116 Å². The Balaban J connectivity index is 2.01. The standard InChI is InChI=1S/C16H26N2O/c1-3-17-11-15-4-5-16(13(2)10-15)18-8-6-14(12-18)7-9-19/h4-5,10,14,17,19H,3,6-9,11-12H2,1-2H3. The Bertz CT molecular complexity index is 406. The van der Waals surface area contributed by atoms with Crippen molar-refractivity contribution in [2.45, 2.75) is 33.2 Å². The number of hydrogen-bond acceptors (Lipinski definition) is 3. The molecule has 0 aliphatic carbocycles. The average molecular weight is 262 g/mol. The molecule has 106 valence electrons. The number of hydrogen-bond donors (Lipinski definition) is 2. The van der Waals surface area contributed by atoms with Crippen LogP contribution >= 0.6 is 0 Å². The van der Waals surface area contributed by atoms with Crippen LogP contribution in [-0.2, 0) is 6.54 Å². The highest BCUT2D eigenvalue weighted by molar-refractivity contribution is 5.55. The topological polar surface area (TPSA) is 35.5 Å². The van der Waals surface area contributed by atoms with Gasteiger partial charge < -0.3 is 15.3 Å².